The predicted octanol–water partition coefficient (Wildman–Crippen LogP) is 4.40. The molecule has 3 heterocycles. The number of benzene rings is 2. The zero-order valence-corrected chi connectivity index (χ0v) is 19.1. The molecule has 5 rings (SSSR count). The Labute approximate surface area is 196 Å². The van der Waals surface area contributed by atoms with Crippen LogP contribution in [0.1, 0.15) is 50.0 Å². The van der Waals surface area contributed by atoms with E-state index in [1.807, 2.05) is 6.92 Å². The molecule has 10 heteroatoms. The van der Waals surface area contributed by atoms with Gasteiger partial charge in [-0.2, -0.15) is 0 Å². The number of carbonyl (C=O) groups is 2. The second-order valence-corrected chi connectivity index (χ2v) is 8.81. The fraction of sp³-hybridized carbons (Fsp3) is 0.174. The highest BCUT2D eigenvalue weighted by Crippen LogP contribution is 2.42. The van der Waals surface area contributed by atoms with Crippen molar-refractivity contribution in [2.24, 2.45) is 0 Å². The highest BCUT2D eigenvalue weighted by atomic mass is 35.5. The van der Waals surface area contributed by atoms with Crippen LogP contribution in [0.4, 0.5) is 5.13 Å². The number of ether oxygens (including phenoxy) is 1. The SMILES string of the molecule is CCc1nnc(N2C(=O)c3oc4ccc(Cl)cc4c(=O)c3[C@@H]2c2ccc(C(=O)OC)cc2)s1. The van der Waals surface area contributed by atoms with E-state index in [9.17, 15) is 14.4 Å². The lowest BCUT2D eigenvalue weighted by molar-refractivity contribution is 0.0600. The van der Waals surface area contributed by atoms with Gasteiger partial charge in [-0.25, -0.2) is 4.79 Å². The number of hydrogen-bond donors (Lipinski definition) is 0. The number of halogens is 1. The van der Waals surface area contributed by atoms with Gasteiger partial charge in [0.1, 0.15) is 10.6 Å². The number of aryl methyl sites for hydroxylation is 1. The highest BCUT2D eigenvalue weighted by molar-refractivity contribution is 7.15. The van der Waals surface area contributed by atoms with Crippen molar-refractivity contribution >= 4 is 50.9 Å². The summed E-state index contributed by atoms with van der Waals surface area (Å²) in [5, 5.41) is 10.1. The van der Waals surface area contributed by atoms with E-state index in [0.29, 0.717) is 27.7 Å². The van der Waals surface area contributed by atoms with Crippen LogP contribution in [0.25, 0.3) is 11.0 Å². The van der Waals surface area contributed by atoms with E-state index in [2.05, 4.69) is 10.2 Å². The van der Waals surface area contributed by atoms with Crippen LogP contribution in [0, 0.1) is 0 Å². The molecular formula is C23H16ClN3O5S. The van der Waals surface area contributed by atoms with E-state index >= 15 is 0 Å². The topological polar surface area (TPSA) is 103 Å². The molecule has 33 heavy (non-hydrogen) atoms. The number of aromatic nitrogens is 2. The lowest BCUT2D eigenvalue weighted by Gasteiger charge is -2.22. The monoisotopic (exact) mass is 481 g/mol. The molecule has 0 radical (unpaired) electrons. The summed E-state index contributed by atoms with van der Waals surface area (Å²) in [4.78, 5) is 40.3. The molecule has 1 amide bonds. The van der Waals surface area contributed by atoms with Crippen LogP contribution in [0.3, 0.4) is 0 Å². The molecule has 0 spiro atoms. The molecule has 0 saturated carbocycles. The molecule has 2 aromatic carbocycles. The molecule has 0 fully saturated rings. The van der Waals surface area contributed by atoms with Gasteiger partial charge in [0.25, 0.3) is 5.91 Å². The van der Waals surface area contributed by atoms with Crippen LogP contribution < -0.4 is 10.3 Å². The lowest BCUT2D eigenvalue weighted by Crippen LogP contribution is -2.29. The predicted molar refractivity (Wildman–Crippen MR) is 123 cm³/mol. The summed E-state index contributed by atoms with van der Waals surface area (Å²) in [6.07, 6.45) is 0.657. The van der Waals surface area contributed by atoms with Gasteiger partial charge < -0.3 is 9.15 Å². The average molecular weight is 482 g/mol. The maximum absolute atomic E-state index is 13.6. The number of anilines is 1. The number of carbonyl (C=O) groups excluding carboxylic acids is 2. The molecule has 1 atom stereocenters. The maximum atomic E-state index is 13.6. The summed E-state index contributed by atoms with van der Waals surface area (Å²) in [5.41, 5.74) is 1.06. The van der Waals surface area contributed by atoms with E-state index in [-0.39, 0.29) is 27.7 Å². The smallest absolute Gasteiger partial charge is 0.337 e. The van der Waals surface area contributed by atoms with Gasteiger partial charge in [-0.1, -0.05) is 42.0 Å². The zero-order chi connectivity index (χ0) is 23.3. The van der Waals surface area contributed by atoms with Crippen LogP contribution in [-0.2, 0) is 11.2 Å². The second kappa shape index (κ2) is 8.09. The Bertz CT molecular complexity index is 1480. The molecule has 0 unspecified atom stereocenters. The van der Waals surface area contributed by atoms with Gasteiger partial charge in [0.05, 0.1) is 29.7 Å². The third-order valence-corrected chi connectivity index (χ3v) is 6.75. The van der Waals surface area contributed by atoms with Crippen molar-refractivity contribution in [3.8, 4) is 0 Å². The van der Waals surface area contributed by atoms with E-state index in [4.69, 9.17) is 20.8 Å². The summed E-state index contributed by atoms with van der Waals surface area (Å²) in [6.45, 7) is 1.94. The Morgan fingerprint density at radius 1 is 1.18 bits per heavy atom. The van der Waals surface area contributed by atoms with Gasteiger partial charge in [0.15, 0.2) is 5.43 Å². The number of fused-ring (bicyclic) bond motifs is 2. The number of nitrogens with zero attached hydrogens (tertiary/aromatic N) is 3. The summed E-state index contributed by atoms with van der Waals surface area (Å²) >= 11 is 7.38. The van der Waals surface area contributed by atoms with Gasteiger partial charge >= 0.3 is 5.97 Å². The fourth-order valence-corrected chi connectivity index (χ4v) is 4.84. The van der Waals surface area contributed by atoms with Gasteiger partial charge in [-0.3, -0.25) is 14.5 Å². The standard InChI is InChI=1S/C23H16ClN3O5S/c1-3-16-25-26-23(33-16)27-18(11-4-6-12(7-5-11)22(30)31-2)17-19(28)14-10-13(24)8-9-15(14)32-20(17)21(27)29/h4-10,18H,3H2,1-2H3/t18-/m0/s1. The minimum atomic E-state index is -0.809. The molecule has 1 aliphatic rings. The molecule has 4 aromatic rings. The fourth-order valence-electron chi connectivity index (χ4n) is 3.86. The number of amides is 1. The van der Waals surface area contributed by atoms with Gasteiger partial charge in [0.2, 0.25) is 10.9 Å². The molecule has 0 N–H and O–H groups in total. The van der Waals surface area contributed by atoms with E-state index in [1.54, 1.807) is 36.4 Å². The first-order valence-corrected chi connectivity index (χ1v) is 11.2. The minimum absolute atomic E-state index is 0.0508. The highest BCUT2D eigenvalue weighted by Gasteiger charge is 2.45. The van der Waals surface area contributed by atoms with Gasteiger partial charge in [-0.15, -0.1) is 10.2 Å². The Morgan fingerprint density at radius 3 is 2.61 bits per heavy atom. The summed E-state index contributed by atoms with van der Waals surface area (Å²) in [6, 6.07) is 10.4. The summed E-state index contributed by atoms with van der Waals surface area (Å²) < 4.78 is 10.7. The third-order valence-electron chi connectivity index (χ3n) is 5.44. The normalized spacial score (nSPS) is 15.2. The van der Waals surface area contributed by atoms with E-state index < -0.39 is 17.9 Å². The zero-order valence-electron chi connectivity index (χ0n) is 17.5. The third kappa shape index (κ3) is 3.40. The van der Waals surface area contributed by atoms with Gasteiger partial charge in [-0.05, 0) is 42.3 Å². The molecule has 2 aromatic heterocycles. The molecular weight excluding hydrogens is 466 g/mol. The second-order valence-electron chi connectivity index (χ2n) is 7.34. The van der Waals surface area contributed by atoms with Crippen LogP contribution in [-0.4, -0.2) is 29.2 Å². The first-order valence-electron chi connectivity index (χ1n) is 10.0. The van der Waals surface area contributed by atoms with Crippen molar-refractivity contribution in [3.05, 3.63) is 85.2 Å². The first-order chi connectivity index (χ1) is 15.9. The Balaban J connectivity index is 1.75. The maximum Gasteiger partial charge on any atom is 0.337 e. The Kier molecular flexibility index (Phi) is 5.22. The Hall–Kier alpha value is -3.56. The van der Waals surface area contributed by atoms with E-state index in [0.717, 1.165) is 5.01 Å². The van der Waals surface area contributed by atoms with Crippen LogP contribution >= 0.6 is 22.9 Å². The quantitative estimate of drug-likeness (QED) is 0.398. The summed E-state index contributed by atoms with van der Waals surface area (Å²) in [7, 11) is 1.30. The van der Waals surface area contributed by atoms with E-state index in [1.165, 1.54) is 29.4 Å². The lowest BCUT2D eigenvalue weighted by atomic mass is 9.98. The molecule has 1 aliphatic heterocycles. The molecule has 8 nitrogen and oxygen atoms in total. The van der Waals surface area contributed by atoms with Crippen molar-refractivity contribution < 1.29 is 18.7 Å². The minimum Gasteiger partial charge on any atom is -0.465 e. The number of rotatable bonds is 4. The number of esters is 1. The molecule has 0 bridgehead atoms. The average Bonchev–Trinajstić information content (AvgIpc) is 3.42. The first kappa shape index (κ1) is 21.3. The molecule has 166 valence electrons. The number of hydrogen-bond acceptors (Lipinski definition) is 8. The van der Waals surface area contributed by atoms with Crippen molar-refractivity contribution in [3.63, 3.8) is 0 Å². The van der Waals surface area contributed by atoms with Crippen LogP contribution in [0.2, 0.25) is 5.02 Å². The van der Waals surface area contributed by atoms with Crippen LogP contribution in [0.5, 0.6) is 0 Å². The van der Waals surface area contributed by atoms with Gasteiger partial charge in [0, 0.05) is 5.02 Å². The largest absolute Gasteiger partial charge is 0.465 e. The van der Waals surface area contributed by atoms with Crippen molar-refractivity contribution in [1.29, 1.82) is 0 Å². The van der Waals surface area contributed by atoms with Crippen molar-refractivity contribution in [2.45, 2.75) is 19.4 Å². The summed E-state index contributed by atoms with van der Waals surface area (Å²) in [5.74, 6) is -1.02. The molecule has 0 saturated heterocycles. The van der Waals surface area contributed by atoms with Crippen LogP contribution in [0.15, 0.2) is 51.7 Å². The Morgan fingerprint density at radius 2 is 1.94 bits per heavy atom. The molecule has 0 aliphatic carbocycles. The van der Waals surface area contributed by atoms with Crippen molar-refractivity contribution in [2.75, 3.05) is 12.0 Å². The van der Waals surface area contributed by atoms with Crippen molar-refractivity contribution in [1.82, 2.24) is 10.2 Å². The number of methoxy groups -OCH3 is 1.